The van der Waals surface area contributed by atoms with Crippen molar-refractivity contribution in [3.05, 3.63) is 15.9 Å². The number of aromatic nitrogens is 1. The number of hydrogen-bond acceptors (Lipinski definition) is 3. The van der Waals surface area contributed by atoms with E-state index >= 15 is 0 Å². The van der Waals surface area contributed by atoms with Crippen LogP contribution in [-0.4, -0.2) is 24.2 Å². The highest BCUT2D eigenvalue weighted by molar-refractivity contribution is 9.10. The second-order valence-electron chi connectivity index (χ2n) is 2.74. The summed E-state index contributed by atoms with van der Waals surface area (Å²) >= 11 is 3.40. The Morgan fingerprint density at radius 1 is 1.55 bits per heavy atom. The Labute approximate surface area is 74.5 Å². The molecule has 0 aliphatic carbocycles. The molecule has 0 N–H and O–H groups in total. The molecule has 0 bridgehead atoms. The van der Waals surface area contributed by atoms with E-state index in [1.807, 2.05) is 25.9 Å². The molecule has 1 rings (SSSR count). The summed E-state index contributed by atoms with van der Waals surface area (Å²) in [6, 6.07) is 0. The summed E-state index contributed by atoms with van der Waals surface area (Å²) in [5.41, 5.74) is 0.904. The molecule has 0 spiro atoms. The van der Waals surface area contributed by atoms with E-state index in [4.69, 9.17) is 4.52 Å². The number of nitrogens with zero attached hydrogens (tertiary/aromatic N) is 2. The number of aryl methyl sites for hydroxylation is 1. The van der Waals surface area contributed by atoms with E-state index in [2.05, 4.69) is 21.1 Å². The van der Waals surface area contributed by atoms with Gasteiger partial charge >= 0.3 is 0 Å². The molecule has 4 heteroatoms. The van der Waals surface area contributed by atoms with E-state index in [9.17, 15) is 0 Å². The van der Waals surface area contributed by atoms with Crippen molar-refractivity contribution in [1.29, 1.82) is 0 Å². The van der Waals surface area contributed by atoms with Crippen LogP contribution in [0.15, 0.2) is 9.00 Å². The second kappa shape index (κ2) is 3.36. The van der Waals surface area contributed by atoms with Crippen LogP contribution in [0, 0.1) is 6.92 Å². The maximum atomic E-state index is 5.07. The van der Waals surface area contributed by atoms with Gasteiger partial charge in [0.25, 0.3) is 0 Å². The van der Waals surface area contributed by atoms with Gasteiger partial charge in [-0.2, -0.15) is 0 Å². The van der Waals surface area contributed by atoms with Gasteiger partial charge in [-0.1, -0.05) is 5.16 Å². The van der Waals surface area contributed by atoms with Gasteiger partial charge in [0.2, 0.25) is 0 Å². The zero-order chi connectivity index (χ0) is 8.43. The molecule has 0 aromatic carbocycles. The van der Waals surface area contributed by atoms with Crippen LogP contribution in [0.2, 0.25) is 0 Å². The Bertz CT molecular complexity index is 245. The number of halogens is 1. The molecular formula is C7H11BrN2O. The second-order valence-corrected chi connectivity index (χ2v) is 3.54. The van der Waals surface area contributed by atoms with Crippen LogP contribution in [0.5, 0.6) is 0 Å². The standard InChI is InChI=1S/C7H11BrN2O/c1-5-7(8)6(11-9-5)4-10(2)3/h4H2,1-3H3. The summed E-state index contributed by atoms with van der Waals surface area (Å²) in [7, 11) is 3.98. The fourth-order valence-electron chi connectivity index (χ4n) is 0.791. The third-order valence-electron chi connectivity index (χ3n) is 1.32. The Morgan fingerprint density at radius 3 is 2.55 bits per heavy atom. The Balaban J connectivity index is 2.79. The van der Waals surface area contributed by atoms with Crippen molar-refractivity contribution >= 4 is 15.9 Å². The molecule has 0 aliphatic rings. The number of hydrogen-bond donors (Lipinski definition) is 0. The third kappa shape index (κ3) is 2.04. The quantitative estimate of drug-likeness (QED) is 0.759. The molecule has 0 saturated heterocycles. The highest BCUT2D eigenvalue weighted by Crippen LogP contribution is 2.20. The van der Waals surface area contributed by atoms with E-state index < -0.39 is 0 Å². The fourth-order valence-corrected chi connectivity index (χ4v) is 1.06. The zero-order valence-corrected chi connectivity index (χ0v) is 8.47. The highest BCUT2D eigenvalue weighted by Gasteiger charge is 2.09. The molecule has 1 aromatic rings. The van der Waals surface area contributed by atoms with Gasteiger partial charge < -0.3 is 9.42 Å². The first kappa shape index (κ1) is 8.74. The average molecular weight is 219 g/mol. The van der Waals surface area contributed by atoms with Crippen LogP contribution in [0.25, 0.3) is 0 Å². The van der Waals surface area contributed by atoms with Crippen LogP contribution in [-0.2, 0) is 6.54 Å². The van der Waals surface area contributed by atoms with E-state index in [0.717, 1.165) is 22.5 Å². The lowest BCUT2D eigenvalue weighted by atomic mass is 10.4. The molecule has 11 heavy (non-hydrogen) atoms. The maximum absolute atomic E-state index is 5.07. The van der Waals surface area contributed by atoms with Crippen molar-refractivity contribution in [2.24, 2.45) is 0 Å². The molecule has 0 amide bonds. The first-order chi connectivity index (χ1) is 5.11. The normalized spacial score (nSPS) is 11.0. The van der Waals surface area contributed by atoms with Gasteiger partial charge in [-0.15, -0.1) is 0 Å². The monoisotopic (exact) mass is 218 g/mol. The average Bonchev–Trinajstić information content (AvgIpc) is 2.18. The maximum Gasteiger partial charge on any atom is 0.165 e. The predicted molar refractivity (Wildman–Crippen MR) is 46.3 cm³/mol. The van der Waals surface area contributed by atoms with E-state index in [1.54, 1.807) is 0 Å². The van der Waals surface area contributed by atoms with Gasteiger partial charge in [0.05, 0.1) is 16.7 Å². The summed E-state index contributed by atoms with van der Waals surface area (Å²) < 4.78 is 6.05. The molecule has 0 radical (unpaired) electrons. The Morgan fingerprint density at radius 2 is 2.18 bits per heavy atom. The van der Waals surface area contributed by atoms with Gasteiger partial charge in [-0.05, 0) is 36.9 Å². The molecule has 0 unspecified atom stereocenters. The minimum Gasteiger partial charge on any atom is -0.359 e. The summed E-state index contributed by atoms with van der Waals surface area (Å²) in [6.45, 7) is 2.69. The molecule has 0 aliphatic heterocycles. The molecular weight excluding hydrogens is 208 g/mol. The molecule has 3 nitrogen and oxygen atoms in total. The van der Waals surface area contributed by atoms with Crippen molar-refractivity contribution < 1.29 is 4.52 Å². The topological polar surface area (TPSA) is 29.3 Å². The van der Waals surface area contributed by atoms with Crippen molar-refractivity contribution in [3.63, 3.8) is 0 Å². The molecule has 62 valence electrons. The van der Waals surface area contributed by atoms with Gasteiger partial charge in [-0.3, -0.25) is 0 Å². The van der Waals surface area contributed by atoms with Crippen LogP contribution in [0.3, 0.4) is 0 Å². The van der Waals surface area contributed by atoms with Crippen LogP contribution in [0.4, 0.5) is 0 Å². The van der Waals surface area contributed by atoms with Crippen molar-refractivity contribution in [3.8, 4) is 0 Å². The molecule has 1 aromatic heterocycles. The summed E-state index contributed by atoms with van der Waals surface area (Å²) in [5, 5.41) is 3.82. The van der Waals surface area contributed by atoms with Gasteiger partial charge in [0.1, 0.15) is 0 Å². The van der Waals surface area contributed by atoms with Crippen molar-refractivity contribution in [2.45, 2.75) is 13.5 Å². The molecule has 0 atom stereocenters. The van der Waals surface area contributed by atoms with Crippen molar-refractivity contribution in [1.82, 2.24) is 10.1 Å². The summed E-state index contributed by atoms with van der Waals surface area (Å²) in [5.74, 6) is 0.882. The minimum atomic E-state index is 0.779. The van der Waals surface area contributed by atoms with Crippen LogP contribution < -0.4 is 0 Å². The lowest BCUT2D eigenvalue weighted by molar-refractivity contribution is 0.307. The van der Waals surface area contributed by atoms with Gasteiger partial charge in [0, 0.05) is 0 Å². The zero-order valence-electron chi connectivity index (χ0n) is 6.89. The number of rotatable bonds is 2. The van der Waals surface area contributed by atoms with Gasteiger partial charge in [0.15, 0.2) is 5.76 Å². The van der Waals surface area contributed by atoms with Crippen LogP contribution in [0.1, 0.15) is 11.5 Å². The lowest BCUT2D eigenvalue weighted by Gasteiger charge is -2.05. The fraction of sp³-hybridized carbons (Fsp3) is 0.571. The minimum absolute atomic E-state index is 0.779. The SMILES string of the molecule is Cc1noc(CN(C)C)c1Br. The smallest absolute Gasteiger partial charge is 0.165 e. The van der Waals surface area contributed by atoms with E-state index in [-0.39, 0.29) is 0 Å². The highest BCUT2D eigenvalue weighted by atomic mass is 79.9. The van der Waals surface area contributed by atoms with E-state index in [1.165, 1.54) is 0 Å². The first-order valence-corrected chi connectivity index (χ1v) is 4.16. The van der Waals surface area contributed by atoms with Crippen molar-refractivity contribution in [2.75, 3.05) is 14.1 Å². The third-order valence-corrected chi connectivity index (χ3v) is 2.33. The molecule has 0 saturated carbocycles. The summed E-state index contributed by atoms with van der Waals surface area (Å²) in [6.07, 6.45) is 0. The Hall–Kier alpha value is -0.350. The molecule has 1 heterocycles. The lowest BCUT2D eigenvalue weighted by Crippen LogP contribution is -2.10. The first-order valence-electron chi connectivity index (χ1n) is 3.36. The molecule has 0 fully saturated rings. The summed E-state index contributed by atoms with van der Waals surface area (Å²) in [4.78, 5) is 2.03. The van der Waals surface area contributed by atoms with E-state index in [0.29, 0.717) is 0 Å². The largest absolute Gasteiger partial charge is 0.359 e. The van der Waals surface area contributed by atoms with Crippen LogP contribution >= 0.6 is 15.9 Å². The van der Waals surface area contributed by atoms with Gasteiger partial charge in [-0.25, -0.2) is 0 Å². The Kier molecular flexibility index (Phi) is 2.67. The predicted octanol–water partition coefficient (Wildman–Crippen LogP) is 1.81.